The summed E-state index contributed by atoms with van der Waals surface area (Å²) < 4.78 is 50.4. The summed E-state index contributed by atoms with van der Waals surface area (Å²) in [6.45, 7) is 0.431. The number of nitrogens with zero attached hydrogens (tertiary/aromatic N) is 2. The van der Waals surface area contributed by atoms with Crippen LogP contribution in [0.4, 0.5) is 0 Å². The van der Waals surface area contributed by atoms with E-state index in [2.05, 4.69) is 9.97 Å². The third kappa shape index (κ3) is 5.82. The number of hydrogen-bond acceptors (Lipinski definition) is 8. The molecule has 2 saturated heterocycles. The highest BCUT2D eigenvalue weighted by molar-refractivity contribution is 7.53. The second kappa shape index (κ2) is 10.9. The monoisotopic (exact) mass is 562 g/mol. The highest BCUT2D eigenvalue weighted by atomic mass is 31.2. The van der Waals surface area contributed by atoms with Gasteiger partial charge in [-0.15, -0.1) is 0 Å². The summed E-state index contributed by atoms with van der Waals surface area (Å²) in [7, 11) is -6.91. The maximum absolute atomic E-state index is 13.5. The summed E-state index contributed by atoms with van der Waals surface area (Å²) in [6, 6.07) is 27.2. The number of hydrogen-bond donors (Lipinski definition) is 0. The third-order valence-corrected chi connectivity index (χ3v) is 10.4. The molecule has 2 aromatic heterocycles. The van der Waals surface area contributed by atoms with Crippen molar-refractivity contribution in [3.8, 4) is 22.3 Å². The van der Waals surface area contributed by atoms with Crippen LogP contribution in [0.5, 0.6) is 0 Å². The van der Waals surface area contributed by atoms with Gasteiger partial charge in [0.2, 0.25) is 0 Å². The van der Waals surface area contributed by atoms with E-state index in [4.69, 9.17) is 18.1 Å². The molecule has 0 radical (unpaired) electrons. The first-order valence-electron chi connectivity index (χ1n) is 12.7. The molecule has 4 aromatic rings. The molecule has 0 saturated carbocycles. The number of rotatable bonds is 6. The minimum absolute atomic E-state index is 0.0519. The molecule has 4 heterocycles. The van der Waals surface area contributed by atoms with Crippen molar-refractivity contribution in [1.29, 1.82) is 0 Å². The highest BCUT2D eigenvalue weighted by Gasteiger charge is 2.49. The first kappa shape index (κ1) is 26.3. The summed E-state index contributed by atoms with van der Waals surface area (Å²) in [5, 5.41) is 0. The Morgan fingerprint density at radius 1 is 0.564 bits per heavy atom. The Hall–Kier alpha value is -2.96. The summed E-state index contributed by atoms with van der Waals surface area (Å²) in [5.74, 6) is 0. The molecule has 0 unspecified atom stereocenters. The third-order valence-electron chi connectivity index (χ3n) is 6.91. The van der Waals surface area contributed by atoms with Crippen LogP contribution in [0.25, 0.3) is 22.3 Å². The molecule has 1 spiro atoms. The Bertz CT molecular complexity index is 1410. The second-order valence-electron chi connectivity index (χ2n) is 9.86. The molecule has 2 aliphatic heterocycles. The topological polar surface area (TPSA) is 96.8 Å². The maximum Gasteiger partial charge on any atom is 0.336 e. The van der Waals surface area contributed by atoms with Crippen LogP contribution in [-0.2, 0) is 39.5 Å². The fourth-order valence-electron chi connectivity index (χ4n) is 4.70. The Kier molecular flexibility index (Phi) is 7.34. The van der Waals surface area contributed by atoms with Crippen LogP contribution in [0.1, 0.15) is 11.4 Å². The van der Waals surface area contributed by atoms with Crippen molar-refractivity contribution in [3.05, 3.63) is 109 Å². The summed E-state index contributed by atoms with van der Waals surface area (Å²) in [4.78, 5) is 8.92. The maximum atomic E-state index is 13.5. The quantitative estimate of drug-likeness (QED) is 0.232. The number of pyridine rings is 2. The van der Waals surface area contributed by atoms with Crippen LogP contribution in [0.15, 0.2) is 97.3 Å². The lowest BCUT2D eigenvalue weighted by molar-refractivity contribution is -0.0690. The molecule has 0 amide bonds. The summed E-state index contributed by atoms with van der Waals surface area (Å²) in [5.41, 5.74) is 4.33. The van der Waals surface area contributed by atoms with E-state index in [-0.39, 0.29) is 38.8 Å². The lowest BCUT2D eigenvalue weighted by atomic mass is 9.93. The fraction of sp³-hybridized carbons (Fsp3) is 0.241. The van der Waals surface area contributed by atoms with Gasteiger partial charge in [-0.05, 0) is 23.3 Å². The molecule has 0 bridgehead atoms. The zero-order valence-electron chi connectivity index (χ0n) is 21.2. The van der Waals surface area contributed by atoms with E-state index in [1.807, 2.05) is 84.9 Å². The van der Waals surface area contributed by atoms with Gasteiger partial charge in [0.25, 0.3) is 0 Å². The molecular formula is C29H28N2O6P2. The minimum atomic E-state index is -3.46. The molecule has 39 heavy (non-hydrogen) atoms. The normalized spacial score (nSPS) is 26.9. The van der Waals surface area contributed by atoms with E-state index in [0.29, 0.717) is 11.4 Å². The van der Waals surface area contributed by atoms with Crippen molar-refractivity contribution in [1.82, 2.24) is 9.97 Å². The molecule has 200 valence electrons. The van der Waals surface area contributed by atoms with Gasteiger partial charge in [0.05, 0.1) is 55.6 Å². The Morgan fingerprint density at radius 2 is 0.949 bits per heavy atom. The molecule has 0 atom stereocenters. The SMILES string of the molecule is O=P1(Cc2ncccc2-c2ccccc2)OCC2(CO1)COP(=O)(Cc1ncccc1-c1ccccc1)OC2. The van der Waals surface area contributed by atoms with Crippen molar-refractivity contribution in [2.75, 3.05) is 26.4 Å². The average Bonchev–Trinajstić information content (AvgIpc) is 2.98. The first-order valence-corrected chi connectivity index (χ1v) is 16.2. The van der Waals surface area contributed by atoms with E-state index in [1.165, 1.54) is 0 Å². The van der Waals surface area contributed by atoms with E-state index in [0.717, 1.165) is 22.3 Å². The molecular weight excluding hydrogens is 534 g/mol. The molecule has 0 N–H and O–H groups in total. The van der Waals surface area contributed by atoms with Gasteiger partial charge in [-0.25, -0.2) is 0 Å². The van der Waals surface area contributed by atoms with Crippen LogP contribution >= 0.6 is 15.2 Å². The van der Waals surface area contributed by atoms with Gasteiger partial charge >= 0.3 is 15.2 Å². The predicted octanol–water partition coefficient (Wildman–Crippen LogP) is 6.98. The molecule has 2 aromatic carbocycles. The zero-order chi connectivity index (χ0) is 26.8. The molecule has 6 rings (SSSR count). The van der Waals surface area contributed by atoms with Gasteiger partial charge in [-0.3, -0.25) is 19.1 Å². The van der Waals surface area contributed by atoms with E-state index >= 15 is 0 Å². The predicted molar refractivity (Wildman–Crippen MR) is 148 cm³/mol. The molecule has 2 fully saturated rings. The van der Waals surface area contributed by atoms with Crippen LogP contribution in [-0.4, -0.2) is 36.4 Å². The lowest BCUT2D eigenvalue weighted by Gasteiger charge is -2.42. The summed E-state index contributed by atoms with van der Waals surface area (Å²) >= 11 is 0. The van der Waals surface area contributed by atoms with Gasteiger partial charge in [0, 0.05) is 23.5 Å². The Labute approximate surface area is 227 Å². The molecule has 0 aliphatic carbocycles. The van der Waals surface area contributed by atoms with Gasteiger partial charge in [-0.2, -0.15) is 0 Å². The standard InChI is InChI=1S/C29H28N2O6P2/c32-38(17-27-25(13-7-15-30-27)23-9-3-1-4-10-23)34-19-29(20-35-38)21-36-39(33,37-22-29)18-28-26(14-8-16-31-28)24-11-5-2-6-12-24/h1-16H,17-22H2. The molecule has 10 heteroatoms. The van der Waals surface area contributed by atoms with Crippen molar-refractivity contribution in [3.63, 3.8) is 0 Å². The van der Waals surface area contributed by atoms with E-state index in [9.17, 15) is 9.13 Å². The van der Waals surface area contributed by atoms with Crippen molar-refractivity contribution >= 4 is 15.2 Å². The van der Waals surface area contributed by atoms with Gasteiger partial charge in [0.15, 0.2) is 0 Å². The van der Waals surface area contributed by atoms with E-state index < -0.39 is 20.6 Å². The Morgan fingerprint density at radius 3 is 1.33 bits per heavy atom. The minimum Gasteiger partial charge on any atom is -0.307 e. The van der Waals surface area contributed by atoms with Crippen LogP contribution < -0.4 is 0 Å². The van der Waals surface area contributed by atoms with Crippen LogP contribution in [0, 0.1) is 5.41 Å². The highest BCUT2D eigenvalue weighted by Crippen LogP contribution is 2.61. The van der Waals surface area contributed by atoms with Crippen molar-refractivity contribution < 1.29 is 27.2 Å². The van der Waals surface area contributed by atoms with Crippen molar-refractivity contribution in [2.45, 2.75) is 12.3 Å². The first-order chi connectivity index (χ1) is 19.0. The zero-order valence-corrected chi connectivity index (χ0v) is 23.0. The van der Waals surface area contributed by atoms with Crippen LogP contribution in [0.2, 0.25) is 0 Å². The fourth-order valence-corrected chi connectivity index (χ4v) is 8.34. The van der Waals surface area contributed by atoms with Gasteiger partial charge in [-0.1, -0.05) is 72.8 Å². The second-order valence-corrected chi connectivity index (χ2v) is 14.0. The van der Waals surface area contributed by atoms with Crippen molar-refractivity contribution in [2.24, 2.45) is 5.41 Å². The van der Waals surface area contributed by atoms with Gasteiger partial charge in [0.1, 0.15) is 0 Å². The smallest absolute Gasteiger partial charge is 0.307 e. The number of benzene rings is 2. The van der Waals surface area contributed by atoms with Crippen LogP contribution in [0.3, 0.4) is 0 Å². The Balaban J connectivity index is 1.11. The van der Waals surface area contributed by atoms with E-state index in [1.54, 1.807) is 12.4 Å². The summed E-state index contributed by atoms with van der Waals surface area (Å²) in [6.07, 6.45) is 3.45. The largest absolute Gasteiger partial charge is 0.336 e. The lowest BCUT2D eigenvalue weighted by Crippen LogP contribution is -2.45. The van der Waals surface area contributed by atoms with Gasteiger partial charge < -0.3 is 18.1 Å². The molecule has 2 aliphatic rings. The average molecular weight is 562 g/mol. The number of aromatic nitrogens is 2. The molecule has 8 nitrogen and oxygen atoms in total.